The van der Waals surface area contributed by atoms with Gasteiger partial charge < -0.3 is 24.8 Å². The van der Waals surface area contributed by atoms with Gasteiger partial charge in [0.05, 0.1) is 19.8 Å². The maximum absolute atomic E-state index is 5.72. The second kappa shape index (κ2) is 15.8. The Labute approximate surface area is 186 Å². The monoisotopic (exact) mass is 505 g/mol. The molecule has 1 fully saturated rings. The zero-order valence-electron chi connectivity index (χ0n) is 17.2. The Kier molecular flexibility index (Phi) is 14.1. The van der Waals surface area contributed by atoms with Crippen LogP contribution in [0.4, 0.5) is 0 Å². The van der Waals surface area contributed by atoms with Gasteiger partial charge in [0, 0.05) is 39.3 Å². The van der Waals surface area contributed by atoms with Crippen molar-refractivity contribution < 1.29 is 14.2 Å². The van der Waals surface area contributed by atoms with E-state index in [1.54, 1.807) is 7.05 Å². The molecule has 0 bridgehead atoms. The summed E-state index contributed by atoms with van der Waals surface area (Å²) in [4.78, 5) is 4.27. The lowest BCUT2D eigenvalue weighted by atomic mass is 10.1. The van der Waals surface area contributed by atoms with Crippen molar-refractivity contribution in [2.24, 2.45) is 10.9 Å². The molecule has 28 heavy (non-hydrogen) atoms. The van der Waals surface area contributed by atoms with Gasteiger partial charge in [-0.05, 0) is 43.4 Å². The largest absolute Gasteiger partial charge is 0.494 e. The number of ether oxygens (including phenoxy) is 3. The lowest BCUT2D eigenvalue weighted by Gasteiger charge is -2.13. The van der Waals surface area contributed by atoms with Crippen LogP contribution in [-0.4, -0.2) is 59.1 Å². The van der Waals surface area contributed by atoms with E-state index < -0.39 is 0 Å². The predicted octanol–water partition coefficient (Wildman–Crippen LogP) is 3.24. The standard InChI is InChI=1S/C21H35N3O3.HI/c1-3-12-27-20-7-4-6-18(15-20)8-11-24-21(22-2)23-10-5-13-25-16-19-9-14-26-17-19;/h4,6-7,15,19H,3,5,8-14,16-17H2,1-2H3,(H2,22,23,24);1H. The zero-order chi connectivity index (χ0) is 19.2. The van der Waals surface area contributed by atoms with Crippen LogP contribution in [0.2, 0.25) is 0 Å². The number of guanidine groups is 1. The van der Waals surface area contributed by atoms with Gasteiger partial charge in [-0.3, -0.25) is 4.99 Å². The van der Waals surface area contributed by atoms with Gasteiger partial charge in [0.25, 0.3) is 0 Å². The molecule has 1 aliphatic rings. The van der Waals surface area contributed by atoms with Gasteiger partial charge >= 0.3 is 0 Å². The predicted molar refractivity (Wildman–Crippen MR) is 125 cm³/mol. The Morgan fingerprint density at radius 2 is 2.11 bits per heavy atom. The highest BCUT2D eigenvalue weighted by Gasteiger charge is 2.15. The second-order valence-corrected chi connectivity index (χ2v) is 6.83. The van der Waals surface area contributed by atoms with Crippen molar-refractivity contribution in [1.82, 2.24) is 10.6 Å². The zero-order valence-corrected chi connectivity index (χ0v) is 19.6. The molecule has 0 radical (unpaired) electrons. The molecule has 1 saturated heterocycles. The molecule has 1 unspecified atom stereocenters. The summed E-state index contributed by atoms with van der Waals surface area (Å²) in [6, 6.07) is 8.30. The molecule has 1 aliphatic heterocycles. The average molecular weight is 505 g/mol. The van der Waals surface area contributed by atoms with Crippen LogP contribution < -0.4 is 15.4 Å². The quantitative estimate of drug-likeness (QED) is 0.198. The van der Waals surface area contributed by atoms with Crippen LogP contribution in [0.3, 0.4) is 0 Å². The van der Waals surface area contributed by atoms with Crippen molar-refractivity contribution in [2.45, 2.75) is 32.6 Å². The van der Waals surface area contributed by atoms with Gasteiger partial charge in [-0.25, -0.2) is 0 Å². The third-order valence-corrected chi connectivity index (χ3v) is 4.44. The molecule has 0 aliphatic carbocycles. The van der Waals surface area contributed by atoms with Crippen molar-refractivity contribution in [3.63, 3.8) is 0 Å². The Morgan fingerprint density at radius 1 is 1.25 bits per heavy atom. The molecule has 160 valence electrons. The first-order valence-corrected chi connectivity index (χ1v) is 10.1. The number of nitrogens with one attached hydrogen (secondary N) is 2. The number of hydrogen-bond donors (Lipinski definition) is 2. The Balaban J connectivity index is 0.00000392. The summed E-state index contributed by atoms with van der Waals surface area (Å²) in [5.74, 6) is 2.36. The van der Waals surface area contributed by atoms with Crippen LogP contribution in [0, 0.1) is 5.92 Å². The highest BCUT2D eigenvalue weighted by Crippen LogP contribution is 2.14. The fourth-order valence-electron chi connectivity index (χ4n) is 2.90. The minimum absolute atomic E-state index is 0. The first kappa shape index (κ1) is 25.0. The van der Waals surface area contributed by atoms with E-state index in [1.165, 1.54) is 5.56 Å². The fourth-order valence-corrected chi connectivity index (χ4v) is 2.90. The lowest BCUT2D eigenvalue weighted by Crippen LogP contribution is -2.39. The molecule has 0 spiro atoms. The summed E-state index contributed by atoms with van der Waals surface area (Å²) in [7, 11) is 1.80. The van der Waals surface area contributed by atoms with Crippen molar-refractivity contribution in [3.05, 3.63) is 29.8 Å². The van der Waals surface area contributed by atoms with E-state index in [4.69, 9.17) is 14.2 Å². The van der Waals surface area contributed by atoms with E-state index in [0.717, 1.165) is 83.5 Å². The van der Waals surface area contributed by atoms with Gasteiger partial charge in [-0.15, -0.1) is 24.0 Å². The summed E-state index contributed by atoms with van der Waals surface area (Å²) < 4.78 is 16.8. The van der Waals surface area contributed by atoms with Crippen molar-refractivity contribution in [1.29, 1.82) is 0 Å². The third kappa shape index (κ3) is 10.5. The number of aliphatic imine (C=N–C) groups is 1. The van der Waals surface area contributed by atoms with Crippen LogP contribution in [0.5, 0.6) is 5.75 Å². The van der Waals surface area contributed by atoms with Crippen LogP contribution >= 0.6 is 24.0 Å². The molecular formula is C21H36IN3O3. The first-order chi connectivity index (χ1) is 13.3. The highest BCUT2D eigenvalue weighted by atomic mass is 127. The first-order valence-electron chi connectivity index (χ1n) is 10.1. The number of rotatable bonds is 12. The van der Waals surface area contributed by atoms with Gasteiger partial charge in [0.15, 0.2) is 5.96 Å². The van der Waals surface area contributed by atoms with Gasteiger partial charge in [0.2, 0.25) is 0 Å². The molecule has 1 aromatic rings. The van der Waals surface area contributed by atoms with Crippen LogP contribution in [0.15, 0.2) is 29.3 Å². The minimum atomic E-state index is 0. The van der Waals surface area contributed by atoms with Crippen molar-refractivity contribution in [2.75, 3.05) is 53.2 Å². The molecule has 6 nitrogen and oxygen atoms in total. The Hall–Kier alpha value is -1.06. The summed E-state index contributed by atoms with van der Waals surface area (Å²) in [5.41, 5.74) is 1.26. The van der Waals surface area contributed by atoms with E-state index in [9.17, 15) is 0 Å². The van der Waals surface area contributed by atoms with E-state index in [2.05, 4.69) is 34.7 Å². The summed E-state index contributed by atoms with van der Waals surface area (Å²) in [5, 5.41) is 6.69. The van der Waals surface area contributed by atoms with Gasteiger partial charge in [0.1, 0.15) is 5.75 Å². The molecule has 0 saturated carbocycles. The third-order valence-electron chi connectivity index (χ3n) is 4.44. The molecule has 7 heteroatoms. The molecule has 0 amide bonds. The topological polar surface area (TPSA) is 64.1 Å². The fraction of sp³-hybridized carbons (Fsp3) is 0.667. The maximum Gasteiger partial charge on any atom is 0.190 e. The van der Waals surface area contributed by atoms with Crippen LogP contribution in [0.1, 0.15) is 31.7 Å². The normalized spacial score (nSPS) is 16.5. The summed E-state index contributed by atoms with van der Waals surface area (Å²) in [6.07, 6.45) is 4.04. The molecule has 1 heterocycles. The van der Waals surface area contributed by atoms with Gasteiger partial charge in [-0.2, -0.15) is 0 Å². The minimum Gasteiger partial charge on any atom is -0.494 e. The number of hydrogen-bond acceptors (Lipinski definition) is 4. The van der Waals surface area contributed by atoms with Crippen molar-refractivity contribution >= 4 is 29.9 Å². The van der Waals surface area contributed by atoms with E-state index >= 15 is 0 Å². The smallest absolute Gasteiger partial charge is 0.190 e. The maximum atomic E-state index is 5.72. The molecular weight excluding hydrogens is 469 g/mol. The second-order valence-electron chi connectivity index (χ2n) is 6.83. The van der Waals surface area contributed by atoms with Crippen LogP contribution in [-0.2, 0) is 15.9 Å². The number of benzene rings is 1. The Bertz CT molecular complexity index is 551. The van der Waals surface area contributed by atoms with Crippen molar-refractivity contribution in [3.8, 4) is 5.75 Å². The van der Waals surface area contributed by atoms with E-state index in [1.807, 2.05) is 12.1 Å². The highest BCUT2D eigenvalue weighted by molar-refractivity contribution is 14.0. The van der Waals surface area contributed by atoms with E-state index in [0.29, 0.717) is 5.92 Å². The SMILES string of the molecule is CCCOc1cccc(CCNC(=NC)NCCCOCC2CCOC2)c1.I. The summed E-state index contributed by atoms with van der Waals surface area (Å²) >= 11 is 0. The van der Waals surface area contributed by atoms with Crippen LogP contribution in [0.25, 0.3) is 0 Å². The number of halogens is 1. The molecule has 2 rings (SSSR count). The van der Waals surface area contributed by atoms with Gasteiger partial charge in [-0.1, -0.05) is 19.1 Å². The molecule has 1 aromatic carbocycles. The average Bonchev–Trinajstić information content (AvgIpc) is 3.21. The van der Waals surface area contributed by atoms with E-state index in [-0.39, 0.29) is 24.0 Å². The number of nitrogens with zero attached hydrogens (tertiary/aromatic N) is 1. The molecule has 0 aromatic heterocycles. The Morgan fingerprint density at radius 3 is 2.86 bits per heavy atom. The molecule has 1 atom stereocenters. The summed E-state index contributed by atoms with van der Waals surface area (Å²) in [6.45, 7) is 7.87. The molecule has 2 N–H and O–H groups in total. The lowest BCUT2D eigenvalue weighted by molar-refractivity contribution is 0.0888.